The number of carbonyl (C=O) groups excluding carboxylic acids is 2. The zero-order chi connectivity index (χ0) is 15.2. The van der Waals surface area contributed by atoms with E-state index in [1.807, 2.05) is 6.92 Å². The van der Waals surface area contributed by atoms with Crippen LogP contribution in [0.15, 0.2) is 0 Å². The van der Waals surface area contributed by atoms with Crippen LogP contribution < -0.4 is 26.6 Å². The number of hydrazine groups is 1. The second-order valence-electron chi connectivity index (χ2n) is 4.41. The molecule has 0 radical (unpaired) electrons. The molecule has 0 aromatic carbocycles. The molecule has 0 spiro atoms. The number of rotatable bonds is 6. The van der Waals surface area contributed by atoms with Gasteiger partial charge in [0.1, 0.15) is 6.04 Å². The summed E-state index contributed by atoms with van der Waals surface area (Å²) in [5.41, 5.74) is 2.30. The van der Waals surface area contributed by atoms with E-state index in [0.717, 1.165) is 6.42 Å². The maximum Gasteiger partial charge on any atom is 0.323 e. The van der Waals surface area contributed by atoms with Gasteiger partial charge in [-0.15, -0.1) is 0 Å². The molecule has 0 bridgehead atoms. The minimum Gasteiger partial charge on any atom is -0.463 e. The molecular formula is C11H17N7O3. The average molecular weight is 295 g/mol. The molecule has 0 saturated carbocycles. The lowest BCUT2D eigenvalue weighted by Gasteiger charge is -2.21. The summed E-state index contributed by atoms with van der Waals surface area (Å²) < 4.78 is 5.32. The van der Waals surface area contributed by atoms with E-state index in [9.17, 15) is 9.59 Å². The van der Waals surface area contributed by atoms with Gasteiger partial charge in [-0.2, -0.15) is 15.0 Å². The first kappa shape index (κ1) is 14.9. The highest BCUT2D eigenvalue weighted by atomic mass is 16.5. The van der Waals surface area contributed by atoms with Gasteiger partial charge in [0, 0.05) is 6.42 Å². The molecule has 2 heterocycles. The van der Waals surface area contributed by atoms with E-state index < -0.39 is 11.9 Å². The molecule has 10 heteroatoms. The summed E-state index contributed by atoms with van der Waals surface area (Å²) in [6.07, 6.45) is 1.43. The fourth-order valence-electron chi connectivity index (χ4n) is 1.73. The van der Waals surface area contributed by atoms with E-state index in [2.05, 4.69) is 31.0 Å². The number of nitrogen functional groups attached to an aromatic ring is 1. The molecule has 1 aromatic rings. The number of carbonyl (C=O) groups is 2. The van der Waals surface area contributed by atoms with Gasteiger partial charge in [0.05, 0.1) is 6.61 Å². The third-order valence-electron chi connectivity index (χ3n) is 2.72. The lowest BCUT2D eigenvalue weighted by Crippen LogP contribution is -2.47. The molecule has 5 N–H and O–H groups in total. The molecule has 1 fully saturated rings. The third kappa shape index (κ3) is 3.99. The van der Waals surface area contributed by atoms with Crippen LogP contribution in [0.2, 0.25) is 0 Å². The van der Waals surface area contributed by atoms with E-state index in [4.69, 9.17) is 10.6 Å². The largest absolute Gasteiger partial charge is 0.463 e. The number of anilines is 2. The molecule has 1 aromatic heterocycles. The second kappa shape index (κ2) is 6.79. The van der Waals surface area contributed by atoms with E-state index in [1.165, 1.54) is 0 Å². The smallest absolute Gasteiger partial charge is 0.323 e. The Balaban J connectivity index is 2.11. The number of hydrogen-bond acceptors (Lipinski definition) is 9. The predicted octanol–water partition coefficient (Wildman–Crippen LogP) is -0.837. The highest BCUT2D eigenvalue weighted by molar-refractivity contribution is 6.01. The predicted molar refractivity (Wildman–Crippen MR) is 73.2 cm³/mol. The normalized spacial score (nSPS) is 18.1. The Kier molecular flexibility index (Phi) is 4.82. The molecule has 1 unspecified atom stereocenters. The number of piperidine rings is 1. The lowest BCUT2D eigenvalue weighted by molar-refractivity contribution is -0.133. The highest BCUT2D eigenvalue weighted by Crippen LogP contribution is 2.14. The van der Waals surface area contributed by atoms with Crippen molar-refractivity contribution in [3.05, 3.63) is 0 Å². The van der Waals surface area contributed by atoms with Crippen molar-refractivity contribution in [2.45, 2.75) is 32.2 Å². The highest BCUT2D eigenvalue weighted by Gasteiger charge is 2.27. The van der Waals surface area contributed by atoms with Crippen LogP contribution in [0.5, 0.6) is 6.01 Å². The van der Waals surface area contributed by atoms with Gasteiger partial charge in [0.25, 0.3) is 0 Å². The Labute approximate surface area is 120 Å². The molecule has 2 amide bonds. The van der Waals surface area contributed by atoms with Crippen molar-refractivity contribution < 1.29 is 14.3 Å². The van der Waals surface area contributed by atoms with Gasteiger partial charge in [0.15, 0.2) is 0 Å². The van der Waals surface area contributed by atoms with Crippen molar-refractivity contribution in [3.8, 4) is 6.01 Å². The van der Waals surface area contributed by atoms with Crippen LogP contribution in [0.3, 0.4) is 0 Å². The van der Waals surface area contributed by atoms with Gasteiger partial charge >= 0.3 is 6.01 Å². The number of amides is 2. The van der Waals surface area contributed by atoms with Crippen molar-refractivity contribution in [3.63, 3.8) is 0 Å². The summed E-state index contributed by atoms with van der Waals surface area (Å²) >= 11 is 0. The Bertz CT molecular complexity index is 537. The number of nitrogens with two attached hydrogens (primary N) is 1. The van der Waals surface area contributed by atoms with Gasteiger partial charge in [-0.25, -0.2) is 5.84 Å². The summed E-state index contributed by atoms with van der Waals surface area (Å²) in [6.45, 7) is 2.40. The van der Waals surface area contributed by atoms with Crippen LogP contribution in [0, 0.1) is 0 Å². The Hall–Kier alpha value is -2.49. The van der Waals surface area contributed by atoms with Crippen molar-refractivity contribution in [1.82, 2.24) is 20.3 Å². The van der Waals surface area contributed by atoms with E-state index in [0.29, 0.717) is 13.0 Å². The van der Waals surface area contributed by atoms with Crippen molar-refractivity contribution >= 4 is 23.7 Å². The molecule has 1 aliphatic heterocycles. The van der Waals surface area contributed by atoms with Gasteiger partial charge in [0.2, 0.25) is 23.7 Å². The average Bonchev–Trinajstić information content (AvgIpc) is 2.48. The Morgan fingerprint density at radius 3 is 2.76 bits per heavy atom. The monoisotopic (exact) mass is 295 g/mol. The van der Waals surface area contributed by atoms with Gasteiger partial charge < -0.3 is 10.1 Å². The van der Waals surface area contributed by atoms with Crippen LogP contribution in [-0.2, 0) is 9.59 Å². The first-order chi connectivity index (χ1) is 10.1. The van der Waals surface area contributed by atoms with E-state index in [-0.39, 0.29) is 30.2 Å². The maximum absolute atomic E-state index is 11.7. The van der Waals surface area contributed by atoms with Crippen molar-refractivity contribution in [2.75, 3.05) is 17.3 Å². The Morgan fingerprint density at radius 1 is 1.33 bits per heavy atom. The fraction of sp³-hybridized carbons (Fsp3) is 0.545. The number of aromatic nitrogens is 3. The number of nitrogens with zero attached hydrogens (tertiary/aromatic N) is 3. The molecule has 114 valence electrons. The first-order valence-corrected chi connectivity index (χ1v) is 6.58. The summed E-state index contributed by atoms with van der Waals surface area (Å²) in [5.74, 6) is 4.85. The quantitative estimate of drug-likeness (QED) is 0.300. The van der Waals surface area contributed by atoms with Crippen molar-refractivity contribution in [2.24, 2.45) is 5.84 Å². The number of hydrogen-bond donors (Lipinski definition) is 4. The zero-order valence-electron chi connectivity index (χ0n) is 11.5. The minimum atomic E-state index is -0.588. The molecule has 1 saturated heterocycles. The summed E-state index contributed by atoms with van der Waals surface area (Å²) in [7, 11) is 0. The van der Waals surface area contributed by atoms with Crippen LogP contribution >= 0.6 is 0 Å². The molecule has 1 atom stereocenters. The van der Waals surface area contributed by atoms with Gasteiger partial charge in [-0.3, -0.25) is 20.3 Å². The second-order valence-corrected chi connectivity index (χ2v) is 4.41. The van der Waals surface area contributed by atoms with Crippen LogP contribution in [0.1, 0.15) is 26.2 Å². The van der Waals surface area contributed by atoms with Crippen molar-refractivity contribution in [1.29, 1.82) is 0 Å². The Morgan fingerprint density at radius 2 is 2.10 bits per heavy atom. The van der Waals surface area contributed by atoms with E-state index >= 15 is 0 Å². The van der Waals surface area contributed by atoms with Gasteiger partial charge in [-0.1, -0.05) is 6.92 Å². The third-order valence-corrected chi connectivity index (χ3v) is 2.72. The van der Waals surface area contributed by atoms with E-state index in [1.54, 1.807) is 0 Å². The SMILES string of the molecule is CCCOc1nc(NN)nc(NC2CCC(=O)NC2=O)n1. The molecule has 1 aliphatic rings. The number of imide groups is 1. The fourth-order valence-corrected chi connectivity index (χ4v) is 1.73. The van der Waals surface area contributed by atoms with Crippen LogP contribution in [0.25, 0.3) is 0 Å². The molecular weight excluding hydrogens is 278 g/mol. The lowest BCUT2D eigenvalue weighted by atomic mass is 10.1. The topological polar surface area (TPSA) is 144 Å². The first-order valence-electron chi connectivity index (χ1n) is 6.58. The zero-order valence-corrected chi connectivity index (χ0v) is 11.5. The summed E-state index contributed by atoms with van der Waals surface area (Å²) in [5, 5.41) is 5.08. The molecule has 0 aliphatic carbocycles. The number of nitrogens with one attached hydrogen (secondary N) is 3. The summed E-state index contributed by atoms with van der Waals surface area (Å²) in [6, 6.07) is -0.482. The van der Waals surface area contributed by atoms with Gasteiger partial charge in [-0.05, 0) is 12.8 Å². The summed E-state index contributed by atoms with van der Waals surface area (Å²) in [4.78, 5) is 34.8. The molecule has 21 heavy (non-hydrogen) atoms. The molecule has 10 nitrogen and oxygen atoms in total. The number of ether oxygens (including phenoxy) is 1. The van der Waals surface area contributed by atoms with Crippen LogP contribution in [-0.4, -0.2) is 39.4 Å². The minimum absolute atomic E-state index is 0.106. The maximum atomic E-state index is 11.7. The van der Waals surface area contributed by atoms with Crippen LogP contribution in [0.4, 0.5) is 11.9 Å². The standard InChI is InChI=1S/C11H17N7O3/c1-2-5-21-11-16-9(15-10(17-11)18-12)13-6-3-4-7(19)14-8(6)20/h6H,2-5,12H2,1H3,(H,14,19,20)(H2,13,15,16,17,18). The molecule has 2 rings (SSSR count).